The van der Waals surface area contributed by atoms with Crippen molar-refractivity contribution in [3.05, 3.63) is 43.9 Å². The van der Waals surface area contributed by atoms with Crippen LogP contribution in [0.5, 0.6) is 5.75 Å². The average Bonchev–Trinajstić information content (AvgIpc) is 2.88. The van der Waals surface area contributed by atoms with Crippen molar-refractivity contribution in [2.45, 2.75) is 0 Å². The number of carbonyl (C=O) groups excluding carboxylic acids is 1. The van der Waals surface area contributed by atoms with Crippen LogP contribution in [0, 0.1) is 10.1 Å². The van der Waals surface area contributed by atoms with Crippen LogP contribution in [-0.2, 0) is 0 Å². The van der Waals surface area contributed by atoms with Crippen molar-refractivity contribution in [1.82, 2.24) is 10.4 Å². The molecule has 0 atom stereocenters. The van der Waals surface area contributed by atoms with Gasteiger partial charge in [0.15, 0.2) is 5.13 Å². The van der Waals surface area contributed by atoms with E-state index in [1.807, 2.05) is 0 Å². The second-order valence-corrected chi connectivity index (χ2v) is 5.22. The van der Waals surface area contributed by atoms with Gasteiger partial charge in [0.1, 0.15) is 5.69 Å². The van der Waals surface area contributed by atoms with Crippen molar-refractivity contribution in [2.24, 2.45) is 5.10 Å². The number of benzene rings is 1. The normalized spacial score (nSPS) is 10.8. The number of thiazole rings is 1. The molecule has 1 amide bonds. The highest BCUT2D eigenvalue weighted by Gasteiger charge is 2.17. The van der Waals surface area contributed by atoms with Gasteiger partial charge in [0.25, 0.3) is 5.91 Å². The van der Waals surface area contributed by atoms with Crippen LogP contribution in [0.15, 0.2) is 22.6 Å². The van der Waals surface area contributed by atoms with E-state index in [1.54, 1.807) is 0 Å². The number of nitrogen functional groups attached to an aromatic ring is 1. The Labute approximate surface area is 132 Å². The van der Waals surface area contributed by atoms with Crippen molar-refractivity contribution in [2.75, 3.05) is 5.73 Å². The lowest BCUT2D eigenvalue weighted by atomic mass is 10.2. The van der Waals surface area contributed by atoms with Crippen molar-refractivity contribution in [3.8, 4) is 5.75 Å². The van der Waals surface area contributed by atoms with Crippen LogP contribution in [0.4, 0.5) is 10.8 Å². The molecule has 9 nitrogen and oxygen atoms in total. The second-order valence-electron chi connectivity index (χ2n) is 3.89. The summed E-state index contributed by atoms with van der Waals surface area (Å²) in [6.07, 6.45) is 1.03. The van der Waals surface area contributed by atoms with Crippen LogP contribution in [0.3, 0.4) is 0 Å². The molecule has 0 bridgehead atoms. The van der Waals surface area contributed by atoms with Crippen LogP contribution < -0.4 is 11.2 Å². The maximum Gasteiger partial charge on any atom is 0.312 e. The Morgan fingerprint density at radius 3 is 2.91 bits per heavy atom. The Kier molecular flexibility index (Phi) is 4.53. The third-order valence-electron chi connectivity index (χ3n) is 2.41. The summed E-state index contributed by atoms with van der Waals surface area (Å²) in [5, 5.41) is 25.8. The number of hydrogen-bond acceptors (Lipinski definition) is 8. The molecule has 0 aliphatic carbocycles. The average molecular weight is 342 g/mol. The minimum atomic E-state index is -0.783. The molecule has 1 aromatic heterocycles. The molecule has 11 heteroatoms. The number of amides is 1. The predicted octanol–water partition coefficient (Wildman–Crippen LogP) is 1.76. The van der Waals surface area contributed by atoms with Gasteiger partial charge in [0, 0.05) is 22.0 Å². The molecule has 0 aliphatic rings. The number of aromatic hydroxyl groups is 1. The molecule has 22 heavy (non-hydrogen) atoms. The molecule has 0 unspecified atom stereocenters. The van der Waals surface area contributed by atoms with E-state index < -0.39 is 22.3 Å². The van der Waals surface area contributed by atoms with E-state index in [4.69, 9.17) is 17.3 Å². The van der Waals surface area contributed by atoms with Gasteiger partial charge in [-0.3, -0.25) is 14.9 Å². The molecular weight excluding hydrogens is 334 g/mol. The molecule has 1 aromatic carbocycles. The second kappa shape index (κ2) is 6.37. The molecule has 4 N–H and O–H groups in total. The highest BCUT2D eigenvalue weighted by Crippen LogP contribution is 2.32. The standard InChI is InChI=1S/C11H8ClN5O4S/c12-6-1-5(9(18)8(2-6)17(20)21)3-14-16-10(19)7-4-22-11(13)15-7/h1-4,18H,(H2,13,15)(H,16,19)/b14-3-. The molecule has 0 radical (unpaired) electrons. The zero-order valence-electron chi connectivity index (χ0n) is 10.7. The number of nitrogens with one attached hydrogen (secondary N) is 1. The highest BCUT2D eigenvalue weighted by molar-refractivity contribution is 7.13. The first-order chi connectivity index (χ1) is 10.4. The van der Waals surface area contributed by atoms with Gasteiger partial charge < -0.3 is 10.8 Å². The third kappa shape index (κ3) is 3.48. The summed E-state index contributed by atoms with van der Waals surface area (Å²) in [4.78, 5) is 25.4. The van der Waals surface area contributed by atoms with Crippen LogP contribution in [0.2, 0.25) is 5.02 Å². The Morgan fingerprint density at radius 1 is 1.59 bits per heavy atom. The number of nitrogens with zero attached hydrogens (tertiary/aromatic N) is 3. The summed E-state index contributed by atoms with van der Waals surface area (Å²) < 4.78 is 0. The highest BCUT2D eigenvalue weighted by atomic mass is 35.5. The quantitative estimate of drug-likeness (QED) is 0.439. The molecule has 2 aromatic rings. The van der Waals surface area contributed by atoms with E-state index in [-0.39, 0.29) is 21.4 Å². The zero-order valence-corrected chi connectivity index (χ0v) is 12.3. The van der Waals surface area contributed by atoms with Crippen LogP contribution in [-0.4, -0.2) is 27.1 Å². The number of hydrazone groups is 1. The number of carbonyl (C=O) groups is 1. The molecule has 0 spiro atoms. The van der Waals surface area contributed by atoms with Crippen molar-refractivity contribution < 1.29 is 14.8 Å². The fourth-order valence-corrected chi connectivity index (χ4v) is 2.22. The summed E-state index contributed by atoms with van der Waals surface area (Å²) >= 11 is 6.81. The van der Waals surface area contributed by atoms with Gasteiger partial charge in [-0.2, -0.15) is 5.10 Å². The number of aromatic nitrogens is 1. The number of hydrogen-bond donors (Lipinski definition) is 3. The molecule has 0 aliphatic heterocycles. The molecular formula is C11H8ClN5O4S. The summed E-state index contributed by atoms with van der Waals surface area (Å²) in [6.45, 7) is 0. The van der Waals surface area contributed by atoms with Gasteiger partial charge in [-0.15, -0.1) is 11.3 Å². The fraction of sp³-hybridized carbons (Fsp3) is 0. The van der Waals surface area contributed by atoms with Crippen LogP contribution in [0.25, 0.3) is 0 Å². The topological polar surface area (TPSA) is 144 Å². The Hall–Kier alpha value is -2.72. The maximum atomic E-state index is 11.6. The van der Waals surface area contributed by atoms with Crippen LogP contribution >= 0.6 is 22.9 Å². The molecule has 114 valence electrons. The third-order valence-corrected chi connectivity index (χ3v) is 3.30. The number of halogens is 1. The number of nitro benzene ring substituents is 1. The SMILES string of the molecule is Nc1nc(C(=O)N/N=C\c2cc(Cl)cc([N+](=O)[O-])c2O)cs1. The van der Waals surface area contributed by atoms with Crippen molar-refractivity contribution in [3.63, 3.8) is 0 Å². The van der Waals surface area contributed by atoms with E-state index in [9.17, 15) is 20.0 Å². The van der Waals surface area contributed by atoms with Gasteiger partial charge in [-0.1, -0.05) is 11.6 Å². The van der Waals surface area contributed by atoms with E-state index in [2.05, 4.69) is 15.5 Å². The lowest BCUT2D eigenvalue weighted by molar-refractivity contribution is -0.385. The van der Waals surface area contributed by atoms with Gasteiger partial charge in [-0.25, -0.2) is 10.4 Å². The number of phenolic OH excluding ortho intramolecular Hbond substituents is 1. The smallest absolute Gasteiger partial charge is 0.312 e. The Bertz CT molecular complexity index is 776. The fourth-order valence-electron chi connectivity index (χ4n) is 1.45. The minimum Gasteiger partial charge on any atom is -0.502 e. The summed E-state index contributed by atoms with van der Waals surface area (Å²) in [7, 11) is 0. The van der Waals surface area contributed by atoms with Gasteiger partial charge in [0.05, 0.1) is 11.1 Å². The number of nitro groups is 1. The van der Waals surface area contributed by atoms with E-state index in [1.165, 1.54) is 11.4 Å². The monoisotopic (exact) mass is 341 g/mol. The first kappa shape index (κ1) is 15.7. The van der Waals surface area contributed by atoms with E-state index in [0.29, 0.717) is 0 Å². The lowest BCUT2D eigenvalue weighted by Crippen LogP contribution is -2.18. The van der Waals surface area contributed by atoms with Gasteiger partial charge in [-0.05, 0) is 6.07 Å². The Morgan fingerprint density at radius 2 is 2.32 bits per heavy atom. The summed E-state index contributed by atoms with van der Waals surface area (Å²) in [5.74, 6) is -1.22. The maximum absolute atomic E-state index is 11.6. The molecule has 0 fully saturated rings. The largest absolute Gasteiger partial charge is 0.502 e. The predicted molar refractivity (Wildman–Crippen MR) is 81.4 cm³/mol. The molecule has 0 saturated heterocycles. The van der Waals surface area contributed by atoms with Gasteiger partial charge >= 0.3 is 5.69 Å². The number of rotatable bonds is 4. The molecule has 2 rings (SSSR count). The first-order valence-corrected chi connectivity index (χ1v) is 6.85. The van der Waals surface area contributed by atoms with Crippen molar-refractivity contribution in [1.29, 1.82) is 0 Å². The van der Waals surface area contributed by atoms with E-state index in [0.717, 1.165) is 23.6 Å². The minimum absolute atomic E-state index is 0.0164. The molecule has 0 saturated carbocycles. The number of anilines is 1. The summed E-state index contributed by atoms with van der Waals surface area (Å²) in [5.41, 5.74) is 7.05. The zero-order chi connectivity index (χ0) is 16.3. The lowest BCUT2D eigenvalue weighted by Gasteiger charge is -2.01. The summed E-state index contributed by atoms with van der Waals surface area (Å²) in [6, 6.07) is 2.27. The van der Waals surface area contributed by atoms with Crippen LogP contribution in [0.1, 0.15) is 16.1 Å². The molecule has 1 heterocycles. The van der Waals surface area contributed by atoms with Crippen molar-refractivity contribution >= 4 is 45.9 Å². The number of nitrogens with two attached hydrogens (primary N) is 1. The van der Waals surface area contributed by atoms with E-state index >= 15 is 0 Å². The Balaban J connectivity index is 2.17. The number of phenols is 1. The van der Waals surface area contributed by atoms with Gasteiger partial charge in [0.2, 0.25) is 5.75 Å². The first-order valence-electron chi connectivity index (χ1n) is 5.60.